The number of hydrogen-bond acceptors (Lipinski definition) is 4. The zero-order valence-corrected chi connectivity index (χ0v) is 13.1. The van der Waals surface area contributed by atoms with Gasteiger partial charge >= 0.3 is 0 Å². The normalized spacial score (nSPS) is 28.7. The van der Waals surface area contributed by atoms with Crippen LogP contribution < -0.4 is 4.90 Å². The summed E-state index contributed by atoms with van der Waals surface area (Å²) < 4.78 is 24.1. The average molecular weight is 308 g/mol. The van der Waals surface area contributed by atoms with Crippen molar-refractivity contribution < 1.29 is 13.2 Å². The smallest absolute Gasteiger partial charge is 0.241 e. The van der Waals surface area contributed by atoms with E-state index in [4.69, 9.17) is 0 Å². The minimum atomic E-state index is -3.08. The minimum Gasteiger partial charge on any atom is -0.306 e. The lowest BCUT2D eigenvalue weighted by Gasteiger charge is -2.43. The highest BCUT2D eigenvalue weighted by molar-refractivity contribution is 7.91. The molecule has 2 fully saturated rings. The van der Waals surface area contributed by atoms with Crippen LogP contribution in [-0.2, 0) is 14.6 Å². The van der Waals surface area contributed by atoms with Gasteiger partial charge in [-0.15, -0.1) is 0 Å². The standard InChI is InChI=1S/C15H20N2O3S/c1-3-16-8-15(18)17(12-6-4-11(2)5-7-12)14-10-21(19,20)9-13(14)16/h4-7,13-14H,3,8-10H2,1-2H3. The van der Waals surface area contributed by atoms with Gasteiger partial charge in [-0.1, -0.05) is 24.6 Å². The second-order valence-corrected chi connectivity index (χ2v) is 8.03. The van der Waals surface area contributed by atoms with Crippen molar-refractivity contribution in [2.75, 3.05) is 29.5 Å². The predicted octanol–water partition coefficient (Wildman–Crippen LogP) is 0.829. The first-order chi connectivity index (χ1) is 9.91. The summed E-state index contributed by atoms with van der Waals surface area (Å²) in [6.45, 7) is 4.95. The number of carbonyl (C=O) groups is 1. The third-order valence-corrected chi connectivity index (χ3v) is 6.12. The molecule has 0 aromatic heterocycles. The molecule has 114 valence electrons. The molecule has 3 rings (SSSR count). The lowest BCUT2D eigenvalue weighted by atomic mass is 10.0. The number of anilines is 1. The van der Waals surface area contributed by atoms with Gasteiger partial charge in [-0.3, -0.25) is 9.69 Å². The highest BCUT2D eigenvalue weighted by Gasteiger charge is 2.49. The number of aryl methyl sites for hydroxylation is 1. The molecular formula is C15H20N2O3S. The molecule has 5 nitrogen and oxygen atoms in total. The summed E-state index contributed by atoms with van der Waals surface area (Å²) in [5.41, 5.74) is 1.92. The van der Waals surface area contributed by atoms with Crippen LogP contribution in [0, 0.1) is 6.92 Å². The molecule has 2 aliphatic heterocycles. The summed E-state index contributed by atoms with van der Waals surface area (Å²) in [5.74, 6) is 0.202. The Morgan fingerprint density at radius 2 is 1.76 bits per heavy atom. The van der Waals surface area contributed by atoms with Gasteiger partial charge in [0.05, 0.1) is 24.1 Å². The van der Waals surface area contributed by atoms with Crippen LogP contribution in [0.25, 0.3) is 0 Å². The quantitative estimate of drug-likeness (QED) is 0.812. The van der Waals surface area contributed by atoms with E-state index in [0.29, 0.717) is 13.1 Å². The first-order valence-corrected chi connectivity index (χ1v) is 9.06. The van der Waals surface area contributed by atoms with Crippen molar-refractivity contribution >= 4 is 21.4 Å². The molecule has 1 aromatic rings. The fraction of sp³-hybridized carbons (Fsp3) is 0.533. The third-order valence-electron chi connectivity index (χ3n) is 4.42. The summed E-state index contributed by atoms with van der Waals surface area (Å²) in [6.07, 6.45) is 0. The van der Waals surface area contributed by atoms with E-state index in [9.17, 15) is 13.2 Å². The van der Waals surface area contributed by atoms with Crippen molar-refractivity contribution in [2.45, 2.75) is 25.9 Å². The van der Waals surface area contributed by atoms with Crippen LogP contribution in [0.5, 0.6) is 0 Å². The van der Waals surface area contributed by atoms with Gasteiger partial charge in [-0.25, -0.2) is 8.42 Å². The Morgan fingerprint density at radius 3 is 2.38 bits per heavy atom. The van der Waals surface area contributed by atoms with Crippen LogP contribution in [-0.4, -0.2) is 55.9 Å². The second-order valence-electron chi connectivity index (χ2n) is 5.87. The highest BCUT2D eigenvalue weighted by atomic mass is 32.2. The zero-order valence-electron chi connectivity index (χ0n) is 12.3. The van der Waals surface area contributed by atoms with Gasteiger partial charge in [0, 0.05) is 11.7 Å². The topological polar surface area (TPSA) is 57.7 Å². The Kier molecular flexibility index (Phi) is 3.53. The molecule has 0 saturated carbocycles. The number of sulfone groups is 1. The van der Waals surface area contributed by atoms with Gasteiger partial charge < -0.3 is 4.90 Å². The molecule has 2 unspecified atom stereocenters. The van der Waals surface area contributed by atoms with E-state index < -0.39 is 9.84 Å². The Labute approximate surface area is 125 Å². The van der Waals surface area contributed by atoms with Gasteiger partial charge in [0.15, 0.2) is 9.84 Å². The Balaban J connectivity index is 2.00. The molecular weight excluding hydrogens is 288 g/mol. The van der Waals surface area contributed by atoms with Crippen LogP contribution >= 0.6 is 0 Å². The molecule has 2 saturated heterocycles. The van der Waals surface area contributed by atoms with Gasteiger partial charge in [0.25, 0.3) is 0 Å². The summed E-state index contributed by atoms with van der Waals surface area (Å²) >= 11 is 0. The number of likely N-dealkylation sites (N-methyl/N-ethyl adjacent to an activating group) is 1. The molecule has 21 heavy (non-hydrogen) atoms. The van der Waals surface area contributed by atoms with Gasteiger partial charge in [0.2, 0.25) is 5.91 Å². The molecule has 1 aromatic carbocycles. The van der Waals surface area contributed by atoms with E-state index in [1.807, 2.05) is 43.0 Å². The fourth-order valence-corrected chi connectivity index (χ4v) is 5.33. The van der Waals surface area contributed by atoms with Gasteiger partial charge in [0.1, 0.15) is 0 Å². The molecule has 1 amide bonds. The molecule has 6 heteroatoms. The third kappa shape index (κ3) is 2.58. The first kappa shape index (κ1) is 14.5. The number of nitrogens with zero attached hydrogens (tertiary/aromatic N) is 2. The van der Waals surface area contributed by atoms with Gasteiger partial charge in [-0.05, 0) is 25.6 Å². The number of fused-ring (bicyclic) bond motifs is 1. The SMILES string of the molecule is CCN1CC(=O)N(c2ccc(C)cc2)C2CS(=O)(=O)CC21. The Hall–Kier alpha value is -1.40. The fourth-order valence-electron chi connectivity index (χ4n) is 3.35. The monoisotopic (exact) mass is 308 g/mol. The zero-order chi connectivity index (χ0) is 15.2. The maximum absolute atomic E-state index is 12.5. The van der Waals surface area contributed by atoms with Crippen molar-refractivity contribution in [1.29, 1.82) is 0 Å². The lowest BCUT2D eigenvalue weighted by molar-refractivity contribution is -0.123. The number of piperazine rings is 1. The number of rotatable bonds is 2. The van der Waals surface area contributed by atoms with Crippen molar-refractivity contribution in [3.8, 4) is 0 Å². The Morgan fingerprint density at radius 1 is 1.14 bits per heavy atom. The lowest BCUT2D eigenvalue weighted by Crippen LogP contribution is -2.62. The first-order valence-electron chi connectivity index (χ1n) is 7.24. The van der Waals surface area contributed by atoms with Crippen LogP contribution in [0.15, 0.2) is 24.3 Å². The molecule has 2 atom stereocenters. The Bertz CT molecular complexity index is 654. The van der Waals surface area contributed by atoms with E-state index >= 15 is 0 Å². The van der Waals surface area contributed by atoms with Crippen LogP contribution in [0.4, 0.5) is 5.69 Å². The van der Waals surface area contributed by atoms with Crippen molar-refractivity contribution in [1.82, 2.24) is 4.90 Å². The predicted molar refractivity (Wildman–Crippen MR) is 82.1 cm³/mol. The number of carbonyl (C=O) groups excluding carboxylic acids is 1. The average Bonchev–Trinajstić information content (AvgIpc) is 2.74. The summed E-state index contributed by atoms with van der Waals surface area (Å²) in [5, 5.41) is 0. The van der Waals surface area contributed by atoms with E-state index in [1.165, 1.54) is 0 Å². The van der Waals surface area contributed by atoms with E-state index in [0.717, 1.165) is 11.3 Å². The number of hydrogen-bond donors (Lipinski definition) is 0. The van der Waals surface area contributed by atoms with Gasteiger partial charge in [-0.2, -0.15) is 0 Å². The van der Waals surface area contributed by atoms with Crippen LogP contribution in [0.3, 0.4) is 0 Å². The van der Waals surface area contributed by atoms with E-state index in [1.54, 1.807) is 4.90 Å². The maximum Gasteiger partial charge on any atom is 0.241 e. The minimum absolute atomic E-state index is 0.0148. The van der Waals surface area contributed by atoms with Crippen LogP contribution in [0.2, 0.25) is 0 Å². The molecule has 0 N–H and O–H groups in total. The summed E-state index contributed by atoms with van der Waals surface area (Å²) in [7, 11) is -3.08. The molecule has 0 bridgehead atoms. The molecule has 2 aliphatic rings. The highest BCUT2D eigenvalue weighted by Crippen LogP contribution is 2.31. The second kappa shape index (κ2) is 5.10. The summed E-state index contributed by atoms with van der Waals surface area (Å²) in [4.78, 5) is 16.2. The molecule has 0 radical (unpaired) electrons. The largest absolute Gasteiger partial charge is 0.306 e. The van der Waals surface area contributed by atoms with Crippen molar-refractivity contribution in [3.63, 3.8) is 0 Å². The van der Waals surface area contributed by atoms with Crippen LogP contribution in [0.1, 0.15) is 12.5 Å². The van der Waals surface area contributed by atoms with Crippen molar-refractivity contribution in [3.05, 3.63) is 29.8 Å². The molecule has 0 aliphatic carbocycles. The number of amides is 1. The number of benzene rings is 1. The molecule has 0 spiro atoms. The molecule has 2 heterocycles. The maximum atomic E-state index is 12.5. The van der Waals surface area contributed by atoms with E-state index in [-0.39, 0.29) is 29.5 Å². The van der Waals surface area contributed by atoms with E-state index in [2.05, 4.69) is 0 Å². The summed E-state index contributed by atoms with van der Waals surface area (Å²) in [6, 6.07) is 7.35. The van der Waals surface area contributed by atoms with Crippen molar-refractivity contribution in [2.24, 2.45) is 0 Å².